The summed E-state index contributed by atoms with van der Waals surface area (Å²) in [5.41, 5.74) is -0.448. The number of carbonyl (C=O) groups excluding carboxylic acids is 1. The third kappa shape index (κ3) is 5.25. The molecule has 0 spiro atoms. The van der Waals surface area contributed by atoms with Crippen LogP contribution < -0.4 is 10.2 Å². The first-order chi connectivity index (χ1) is 9.94. The van der Waals surface area contributed by atoms with Gasteiger partial charge in [-0.3, -0.25) is 0 Å². The van der Waals surface area contributed by atoms with Crippen LogP contribution in [0.15, 0.2) is 24.4 Å². The SMILES string of the molecule is CC(C)(C)OC(=O)NCC1CCCN(c2ccccn2)C1. The highest BCUT2D eigenvalue weighted by atomic mass is 16.6. The lowest BCUT2D eigenvalue weighted by Crippen LogP contribution is -2.42. The molecule has 1 N–H and O–H groups in total. The van der Waals surface area contributed by atoms with Gasteiger partial charge in [-0.25, -0.2) is 9.78 Å². The van der Waals surface area contributed by atoms with Gasteiger partial charge in [-0.2, -0.15) is 0 Å². The predicted octanol–water partition coefficient (Wildman–Crippen LogP) is 2.82. The minimum Gasteiger partial charge on any atom is -0.444 e. The topological polar surface area (TPSA) is 54.5 Å². The molecule has 0 saturated carbocycles. The van der Waals surface area contributed by atoms with Crippen molar-refractivity contribution in [2.24, 2.45) is 5.92 Å². The quantitative estimate of drug-likeness (QED) is 0.930. The molecular formula is C16H25N3O2. The van der Waals surface area contributed by atoms with Gasteiger partial charge in [0.05, 0.1) is 0 Å². The number of pyridine rings is 1. The number of alkyl carbamates (subject to hydrolysis) is 1. The van der Waals surface area contributed by atoms with Crippen molar-refractivity contribution in [1.29, 1.82) is 0 Å². The molecule has 1 aliphatic heterocycles. The molecule has 1 unspecified atom stereocenters. The van der Waals surface area contributed by atoms with Crippen LogP contribution in [0.5, 0.6) is 0 Å². The molecule has 1 atom stereocenters. The van der Waals surface area contributed by atoms with Gasteiger partial charge in [-0.1, -0.05) is 6.07 Å². The van der Waals surface area contributed by atoms with Gasteiger partial charge < -0.3 is 15.0 Å². The van der Waals surface area contributed by atoms with Gasteiger partial charge in [0.15, 0.2) is 0 Å². The van der Waals surface area contributed by atoms with Crippen molar-refractivity contribution in [1.82, 2.24) is 10.3 Å². The van der Waals surface area contributed by atoms with E-state index in [2.05, 4.69) is 15.2 Å². The number of aromatic nitrogens is 1. The number of hydrogen-bond acceptors (Lipinski definition) is 4. The highest BCUT2D eigenvalue weighted by Crippen LogP contribution is 2.20. The van der Waals surface area contributed by atoms with Gasteiger partial charge in [0.1, 0.15) is 11.4 Å². The van der Waals surface area contributed by atoms with E-state index in [9.17, 15) is 4.79 Å². The van der Waals surface area contributed by atoms with Crippen LogP contribution in [0.3, 0.4) is 0 Å². The molecule has 1 aromatic heterocycles. The predicted molar refractivity (Wildman–Crippen MR) is 83.4 cm³/mol. The summed E-state index contributed by atoms with van der Waals surface area (Å²) >= 11 is 0. The Morgan fingerprint density at radius 3 is 2.95 bits per heavy atom. The number of ether oxygens (including phenoxy) is 1. The van der Waals surface area contributed by atoms with Crippen LogP contribution in [0, 0.1) is 5.92 Å². The molecule has 0 bridgehead atoms. The molecule has 21 heavy (non-hydrogen) atoms. The molecule has 1 fully saturated rings. The first-order valence-corrected chi connectivity index (χ1v) is 7.57. The van der Waals surface area contributed by atoms with Crippen LogP contribution in [0.1, 0.15) is 33.6 Å². The Morgan fingerprint density at radius 2 is 2.29 bits per heavy atom. The molecular weight excluding hydrogens is 266 g/mol. The lowest BCUT2D eigenvalue weighted by molar-refractivity contribution is 0.0517. The van der Waals surface area contributed by atoms with E-state index < -0.39 is 5.60 Å². The summed E-state index contributed by atoms with van der Waals surface area (Å²) in [6, 6.07) is 5.96. The normalized spacial score (nSPS) is 19.2. The van der Waals surface area contributed by atoms with Crippen LogP contribution in [-0.4, -0.2) is 36.3 Å². The van der Waals surface area contributed by atoms with Crippen molar-refractivity contribution in [2.45, 2.75) is 39.2 Å². The third-order valence-corrected chi connectivity index (χ3v) is 3.43. The van der Waals surface area contributed by atoms with Crippen LogP contribution in [0.25, 0.3) is 0 Å². The van der Waals surface area contributed by atoms with Crippen molar-refractivity contribution in [3.8, 4) is 0 Å². The zero-order valence-corrected chi connectivity index (χ0v) is 13.1. The second kappa shape index (κ2) is 6.78. The van der Waals surface area contributed by atoms with E-state index in [4.69, 9.17) is 4.74 Å². The first kappa shape index (κ1) is 15.6. The smallest absolute Gasteiger partial charge is 0.407 e. The number of rotatable bonds is 3. The van der Waals surface area contributed by atoms with E-state index >= 15 is 0 Å². The molecule has 1 amide bonds. The molecule has 0 aliphatic carbocycles. The summed E-state index contributed by atoms with van der Waals surface area (Å²) in [7, 11) is 0. The molecule has 0 radical (unpaired) electrons. The van der Waals surface area contributed by atoms with Crippen LogP contribution in [0.2, 0.25) is 0 Å². The maximum absolute atomic E-state index is 11.7. The monoisotopic (exact) mass is 291 g/mol. The molecule has 1 saturated heterocycles. The molecule has 0 aromatic carbocycles. The fourth-order valence-electron chi connectivity index (χ4n) is 2.52. The maximum Gasteiger partial charge on any atom is 0.407 e. The average Bonchev–Trinajstić information content (AvgIpc) is 2.45. The molecule has 1 aromatic rings. The molecule has 116 valence electrons. The van der Waals surface area contributed by atoms with Crippen molar-refractivity contribution in [2.75, 3.05) is 24.5 Å². The first-order valence-electron chi connectivity index (χ1n) is 7.57. The summed E-state index contributed by atoms with van der Waals surface area (Å²) in [5, 5.41) is 2.87. The Bertz CT molecular complexity index is 456. The van der Waals surface area contributed by atoms with Gasteiger partial charge in [0, 0.05) is 25.8 Å². The average molecular weight is 291 g/mol. The Kier molecular flexibility index (Phi) is 5.04. The summed E-state index contributed by atoms with van der Waals surface area (Å²) < 4.78 is 5.26. The van der Waals surface area contributed by atoms with Crippen LogP contribution >= 0.6 is 0 Å². The molecule has 2 heterocycles. The Labute approximate surface area is 126 Å². The molecule has 5 nitrogen and oxygen atoms in total. The summed E-state index contributed by atoms with van der Waals surface area (Å²) in [6.07, 6.45) is 3.73. The van der Waals surface area contributed by atoms with E-state index in [-0.39, 0.29) is 6.09 Å². The lowest BCUT2D eigenvalue weighted by atomic mass is 9.98. The van der Waals surface area contributed by atoms with Crippen LogP contribution in [0.4, 0.5) is 10.6 Å². The minimum absolute atomic E-state index is 0.336. The van der Waals surface area contributed by atoms with Crippen molar-refractivity contribution >= 4 is 11.9 Å². The summed E-state index contributed by atoms with van der Waals surface area (Å²) in [5.74, 6) is 1.45. The zero-order valence-electron chi connectivity index (χ0n) is 13.1. The van der Waals surface area contributed by atoms with Crippen molar-refractivity contribution in [3.05, 3.63) is 24.4 Å². The lowest BCUT2D eigenvalue weighted by Gasteiger charge is -2.33. The largest absolute Gasteiger partial charge is 0.444 e. The van der Waals surface area contributed by atoms with Crippen molar-refractivity contribution in [3.63, 3.8) is 0 Å². The fourth-order valence-corrected chi connectivity index (χ4v) is 2.52. The zero-order chi connectivity index (χ0) is 15.3. The van der Waals surface area contributed by atoms with E-state index in [1.807, 2.05) is 45.2 Å². The van der Waals surface area contributed by atoms with Gasteiger partial charge >= 0.3 is 6.09 Å². The number of anilines is 1. The number of amides is 1. The fraction of sp³-hybridized carbons (Fsp3) is 0.625. The van der Waals surface area contributed by atoms with Crippen molar-refractivity contribution < 1.29 is 9.53 Å². The highest BCUT2D eigenvalue weighted by Gasteiger charge is 2.22. The standard InChI is InChI=1S/C16H25N3O2/c1-16(2,3)21-15(20)18-11-13-7-6-10-19(12-13)14-8-4-5-9-17-14/h4-5,8-9,13H,6-7,10-12H2,1-3H3,(H,18,20). The molecule has 1 aliphatic rings. The van der Waals surface area contributed by atoms with E-state index in [0.717, 1.165) is 31.7 Å². The molecule has 5 heteroatoms. The number of carbonyl (C=O) groups is 1. The van der Waals surface area contributed by atoms with Gasteiger partial charge in [-0.05, 0) is 51.7 Å². The van der Waals surface area contributed by atoms with Gasteiger partial charge in [0.25, 0.3) is 0 Å². The number of nitrogens with one attached hydrogen (secondary N) is 1. The summed E-state index contributed by atoms with van der Waals surface area (Å²) in [4.78, 5) is 18.4. The maximum atomic E-state index is 11.7. The Morgan fingerprint density at radius 1 is 1.48 bits per heavy atom. The second-order valence-corrected chi connectivity index (χ2v) is 6.52. The van der Waals surface area contributed by atoms with Gasteiger partial charge in [0.2, 0.25) is 0 Å². The van der Waals surface area contributed by atoms with E-state index in [1.165, 1.54) is 0 Å². The van der Waals surface area contributed by atoms with Crippen LogP contribution in [-0.2, 0) is 4.74 Å². The van der Waals surface area contributed by atoms with Gasteiger partial charge in [-0.15, -0.1) is 0 Å². The van der Waals surface area contributed by atoms with E-state index in [1.54, 1.807) is 0 Å². The Hall–Kier alpha value is -1.78. The van der Waals surface area contributed by atoms with E-state index in [0.29, 0.717) is 12.5 Å². The number of hydrogen-bond donors (Lipinski definition) is 1. The third-order valence-electron chi connectivity index (χ3n) is 3.43. The minimum atomic E-state index is -0.448. The Balaban J connectivity index is 1.81. The highest BCUT2D eigenvalue weighted by molar-refractivity contribution is 5.67. The second-order valence-electron chi connectivity index (χ2n) is 6.52. The number of nitrogens with zero attached hydrogens (tertiary/aromatic N) is 2. The summed E-state index contributed by atoms with van der Waals surface area (Å²) in [6.45, 7) is 8.22. The molecule has 2 rings (SSSR count). The number of piperidine rings is 1.